The van der Waals surface area contributed by atoms with E-state index in [1.807, 2.05) is 52.8 Å². The highest BCUT2D eigenvalue weighted by Gasteiger charge is 2.52. The molecular weight excluding hydrogens is 346 g/mol. The Morgan fingerprint density at radius 2 is 1.63 bits per heavy atom. The summed E-state index contributed by atoms with van der Waals surface area (Å²) < 4.78 is 37.6. The van der Waals surface area contributed by atoms with E-state index >= 15 is 0 Å². The topological polar surface area (TPSA) is 36.9 Å². The summed E-state index contributed by atoms with van der Waals surface area (Å²) in [5.41, 5.74) is 1.25. The van der Waals surface area contributed by atoms with Crippen LogP contribution >= 0.6 is 0 Å². The Morgan fingerprint density at radius 1 is 0.963 bits per heavy atom. The van der Waals surface area contributed by atoms with E-state index < -0.39 is 18.3 Å². The van der Waals surface area contributed by atoms with E-state index in [1.165, 1.54) is 6.07 Å². The lowest BCUT2D eigenvalue weighted by molar-refractivity contribution is 0.00578. The Bertz CT molecular complexity index is 819. The first-order valence-corrected chi connectivity index (χ1v) is 9.04. The molecule has 2 aromatic rings. The van der Waals surface area contributed by atoms with Crippen LogP contribution in [0.5, 0.6) is 11.5 Å². The minimum atomic E-state index is -0.746. The summed E-state index contributed by atoms with van der Waals surface area (Å²) in [5, 5.41) is 0. The quantitative estimate of drug-likeness (QED) is 0.743. The van der Waals surface area contributed by atoms with Crippen LogP contribution in [0.25, 0.3) is 0 Å². The van der Waals surface area contributed by atoms with Crippen molar-refractivity contribution in [2.24, 2.45) is 0 Å². The molecule has 1 aliphatic heterocycles. The lowest BCUT2D eigenvalue weighted by Gasteiger charge is -2.32. The van der Waals surface area contributed by atoms with Gasteiger partial charge >= 0.3 is 7.12 Å². The third kappa shape index (κ3) is 3.97. The molecule has 0 amide bonds. The van der Waals surface area contributed by atoms with E-state index in [2.05, 4.69) is 0 Å². The van der Waals surface area contributed by atoms with E-state index in [1.54, 1.807) is 19.2 Å². The third-order valence-corrected chi connectivity index (χ3v) is 5.28. The molecule has 1 aliphatic rings. The predicted molar refractivity (Wildman–Crippen MR) is 104 cm³/mol. The average molecular weight is 372 g/mol. The van der Waals surface area contributed by atoms with Gasteiger partial charge in [-0.05, 0) is 63.9 Å². The van der Waals surface area contributed by atoms with Crippen LogP contribution in [-0.4, -0.2) is 25.4 Å². The molecule has 1 fully saturated rings. The molecule has 6 heteroatoms. The largest absolute Gasteiger partial charge is 0.497 e. The van der Waals surface area contributed by atoms with Crippen molar-refractivity contribution >= 4 is 12.6 Å². The molecule has 0 atom stereocenters. The molecule has 4 nitrogen and oxygen atoms in total. The fourth-order valence-corrected chi connectivity index (χ4v) is 2.89. The molecule has 0 radical (unpaired) electrons. The van der Waals surface area contributed by atoms with Gasteiger partial charge in [-0.1, -0.05) is 18.2 Å². The Morgan fingerprint density at radius 3 is 2.26 bits per heavy atom. The molecule has 3 rings (SSSR count). The summed E-state index contributed by atoms with van der Waals surface area (Å²) in [6, 6.07) is 10.6. The van der Waals surface area contributed by atoms with Crippen molar-refractivity contribution in [3.05, 3.63) is 53.3 Å². The predicted octanol–water partition coefficient (Wildman–Crippen LogP) is 4.02. The zero-order valence-corrected chi connectivity index (χ0v) is 16.8. The number of halogens is 1. The van der Waals surface area contributed by atoms with E-state index in [0.29, 0.717) is 17.0 Å². The van der Waals surface area contributed by atoms with Gasteiger partial charge in [-0.15, -0.1) is 0 Å². The Kier molecular flexibility index (Phi) is 5.23. The molecule has 1 saturated heterocycles. The first-order valence-electron chi connectivity index (χ1n) is 9.04. The molecular formula is C21H26BFO4. The van der Waals surface area contributed by atoms with Crippen LogP contribution in [0.4, 0.5) is 4.39 Å². The number of hydrogen-bond acceptors (Lipinski definition) is 4. The number of benzene rings is 2. The lowest BCUT2D eigenvalue weighted by atomic mass is 9.78. The van der Waals surface area contributed by atoms with Crippen LogP contribution in [0.3, 0.4) is 0 Å². The van der Waals surface area contributed by atoms with Crippen LogP contribution in [0.1, 0.15) is 38.8 Å². The normalized spacial score (nSPS) is 17.8. The van der Waals surface area contributed by atoms with Crippen LogP contribution in [-0.2, 0) is 15.9 Å². The van der Waals surface area contributed by atoms with Crippen molar-refractivity contribution in [1.29, 1.82) is 0 Å². The first-order chi connectivity index (χ1) is 12.6. The molecule has 0 spiro atoms. The molecule has 0 aliphatic carbocycles. The smallest absolute Gasteiger partial charge is 0.493 e. The summed E-state index contributed by atoms with van der Waals surface area (Å²) in [5.74, 6) is 0.957. The van der Waals surface area contributed by atoms with Crippen LogP contribution in [0.15, 0.2) is 36.4 Å². The van der Waals surface area contributed by atoms with E-state index in [4.69, 9.17) is 18.8 Å². The lowest BCUT2D eigenvalue weighted by Crippen LogP contribution is -2.41. The fraction of sp³-hybridized carbons (Fsp3) is 0.429. The molecule has 0 saturated carbocycles. The average Bonchev–Trinajstić information content (AvgIpc) is 2.82. The maximum Gasteiger partial charge on any atom is 0.497 e. The van der Waals surface area contributed by atoms with Crippen molar-refractivity contribution < 1.29 is 23.2 Å². The minimum Gasteiger partial charge on any atom is -0.493 e. The van der Waals surface area contributed by atoms with Gasteiger partial charge in [0, 0.05) is 5.46 Å². The number of ether oxygens (including phenoxy) is 2. The maximum atomic E-state index is 14.4. The Labute approximate surface area is 160 Å². The van der Waals surface area contributed by atoms with E-state index in [0.717, 1.165) is 11.1 Å². The second-order valence-corrected chi connectivity index (χ2v) is 7.89. The van der Waals surface area contributed by atoms with Crippen molar-refractivity contribution in [3.63, 3.8) is 0 Å². The SMILES string of the molecule is COc1cc(C)ccc1OCc1ccc(F)c(B2OC(C)(C)C(C)(C)O2)c1. The van der Waals surface area contributed by atoms with Crippen LogP contribution in [0, 0.1) is 12.7 Å². The monoisotopic (exact) mass is 372 g/mol. The van der Waals surface area contributed by atoms with Gasteiger partial charge in [0.1, 0.15) is 12.4 Å². The first kappa shape index (κ1) is 19.7. The summed E-state index contributed by atoms with van der Waals surface area (Å²) in [7, 11) is 0.861. The van der Waals surface area contributed by atoms with Gasteiger partial charge in [0.05, 0.1) is 18.3 Å². The Hall–Kier alpha value is -2.05. The number of hydrogen-bond donors (Lipinski definition) is 0. The molecule has 0 unspecified atom stereocenters. The summed E-state index contributed by atoms with van der Waals surface area (Å²) in [6.45, 7) is 10.1. The molecule has 2 aromatic carbocycles. The highest BCUT2D eigenvalue weighted by Crippen LogP contribution is 2.36. The van der Waals surface area contributed by atoms with Crippen LogP contribution in [0.2, 0.25) is 0 Å². The van der Waals surface area contributed by atoms with Gasteiger partial charge in [0.25, 0.3) is 0 Å². The van der Waals surface area contributed by atoms with Crippen molar-refractivity contribution in [1.82, 2.24) is 0 Å². The summed E-state index contributed by atoms with van der Waals surface area (Å²) in [6.07, 6.45) is 0. The highest BCUT2D eigenvalue weighted by atomic mass is 19.1. The van der Waals surface area contributed by atoms with Crippen molar-refractivity contribution in [2.45, 2.75) is 52.4 Å². The van der Waals surface area contributed by atoms with Gasteiger partial charge in [-0.25, -0.2) is 4.39 Å². The molecule has 1 heterocycles. The van der Waals surface area contributed by atoms with Crippen LogP contribution < -0.4 is 14.9 Å². The Balaban J connectivity index is 1.79. The molecule has 27 heavy (non-hydrogen) atoms. The second kappa shape index (κ2) is 7.17. The molecule has 0 N–H and O–H groups in total. The van der Waals surface area contributed by atoms with Gasteiger partial charge in [-0.3, -0.25) is 0 Å². The highest BCUT2D eigenvalue weighted by molar-refractivity contribution is 6.62. The number of methoxy groups -OCH3 is 1. The maximum absolute atomic E-state index is 14.4. The summed E-state index contributed by atoms with van der Waals surface area (Å²) in [4.78, 5) is 0. The van der Waals surface area contributed by atoms with Gasteiger partial charge in [0.15, 0.2) is 11.5 Å². The third-order valence-electron chi connectivity index (χ3n) is 5.28. The zero-order chi connectivity index (χ0) is 19.8. The van der Waals surface area contributed by atoms with Crippen molar-refractivity contribution in [2.75, 3.05) is 7.11 Å². The molecule has 0 bridgehead atoms. The standard InChI is InChI=1S/C21H26BFO4/c1-14-7-10-18(19(11-14)24-6)25-13-15-8-9-17(23)16(12-15)22-26-20(2,3)21(4,5)27-22/h7-12H,13H2,1-6H3. The molecule has 0 aromatic heterocycles. The van der Waals surface area contributed by atoms with Gasteiger partial charge in [-0.2, -0.15) is 0 Å². The van der Waals surface area contributed by atoms with E-state index in [-0.39, 0.29) is 12.4 Å². The minimum absolute atomic E-state index is 0.284. The van der Waals surface area contributed by atoms with Gasteiger partial charge < -0.3 is 18.8 Å². The van der Waals surface area contributed by atoms with Gasteiger partial charge in [0.2, 0.25) is 0 Å². The van der Waals surface area contributed by atoms with E-state index in [9.17, 15) is 4.39 Å². The fourth-order valence-electron chi connectivity index (χ4n) is 2.89. The molecule has 144 valence electrons. The number of rotatable bonds is 5. The zero-order valence-electron chi connectivity index (χ0n) is 16.8. The number of aryl methyl sites for hydroxylation is 1. The second-order valence-electron chi connectivity index (χ2n) is 7.89. The summed E-state index contributed by atoms with van der Waals surface area (Å²) >= 11 is 0. The van der Waals surface area contributed by atoms with Crippen molar-refractivity contribution in [3.8, 4) is 11.5 Å².